The minimum atomic E-state index is -0.348. The highest BCUT2D eigenvalue weighted by Gasteiger charge is 2.25. The zero-order valence-electron chi connectivity index (χ0n) is 17.4. The van der Waals surface area contributed by atoms with Gasteiger partial charge in [0.2, 0.25) is 0 Å². The molecule has 4 heteroatoms. The Kier molecular flexibility index (Phi) is 7.16. The molecule has 0 bridgehead atoms. The maximum absolute atomic E-state index is 12.9. The molecule has 4 nitrogen and oxygen atoms in total. The molecule has 0 N–H and O–H groups in total. The van der Waals surface area contributed by atoms with Crippen molar-refractivity contribution >= 4 is 22.4 Å². The average molecular weight is 380 g/mol. The third-order valence-electron chi connectivity index (χ3n) is 4.21. The van der Waals surface area contributed by atoms with Gasteiger partial charge in [-0.2, -0.15) is 0 Å². The average Bonchev–Trinajstić information content (AvgIpc) is 2.63. The van der Waals surface area contributed by atoms with E-state index < -0.39 is 0 Å². The van der Waals surface area contributed by atoms with Crippen LogP contribution in [-0.4, -0.2) is 23.7 Å². The van der Waals surface area contributed by atoms with Crippen molar-refractivity contribution in [3.8, 4) is 5.75 Å². The van der Waals surface area contributed by atoms with Crippen molar-refractivity contribution in [3.05, 3.63) is 66.4 Å². The Morgan fingerprint density at radius 2 is 1.93 bits per heavy atom. The molecule has 148 valence electrons. The summed E-state index contributed by atoms with van der Waals surface area (Å²) < 4.78 is 11.2. The first kappa shape index (κ1) is 21.4. The Morgan fingerprint density at radius 3 is 2.46 bits per heavy atom. The molecule has 0 fully saturated rings. The van der Waals surface area contributed by atoms with Gasteiger partial charge in [-0.1, -0.05) is 45.2 Å². The summed E-state index contributed by atoms with van der Waals surface area (Å²) in [5.74, 6) is 0.423. The molecule has 1 heterocycles. The predicted molar refractivity (Wildman–Crippen MR) is 116 cm³/mol. The summed E-state index contributed by atoms with van der Waals surface area (Å²) in [6, 6.07) is 5.61. The van der Waals surface area contributed by atoms with Gasteiger partial charge in [0.1, 0.15) is 5.75 Å². The largest absolute Gasteiger partial charge is 0.491 e. The zero-order chi connectivity index (χ0) is 20.8. The van der Waals surface area contributed by atoms with Crippen molar-refractivity contribution in [3.63, 3.8) is 0 Å². The normalized spacial score (nSPS) is 11.8. The van der Waals surface area contributed by atoms with Crippen LogP contribution in [-0.2, 0) is 4.74 Å². The monoisotopic (exact) mass is 379 g/mol. The van der Waals surface area contributed by atoms with E-state index in [1.54, 1.807) is 19.1 Å². The van der Waals surface area contributed by atoms with Gasteiger partial charge in [0.25, 0.3) is 0 Å². The van der Waals surface area contributed by atoms with E-state index in [-0.39, 0.29) is 18.0 Å². The lowest BCUT2D eigenvalue weighted by Crippen LogP contribution is -2.14. The van der Waals surface area contributed by atoms with Crippen LogP contribution in [0.4, 0.5) is 0 Å². The second kappa shape index (κ2) is 9.36. The van der Waals surface area contributed by atoms with Gasteiger partial charge in [-0.25, -0.2) is 9.78 Å². The second-order valence-corrected chi connectivity index (χ2v) is 7.03. The molecule has 0 unspecified atom stereocenters. The smallest absolute Gasteiger partial charge is 0.339 e. The highest BCUT2D eigenvalue weighted by atomic mass is 16.5. The molecule has 28 heavy (non-hydrogen) atoms. The molecule has 2 rings (SSSR count). The Labute approximate surface area is 167 Å². The van der Waals surface area contributed by atoms with Gasteiger partial charge in [-0.05, 0) is 50.0 Å². The van der Waals surface area contributed by atoms with Crippen LogP contribution in [0.15, 0.2) is 49.6 Å². The van der Waals surface area contributed by atoms with E-state index in [4.69, 9.17) is 14.5 Å². The standard InChI is InChI=1S/C24H29NO3/c1-8-11-17(9-2)23-21(15(4)5)22(24(26)27-10-3)19-13-12-18(28-16(6)7)14-20(19)25-23/h8-9,11-16H,1-2,10H2,3-7H3/b17-11+. The maximum atomic E-state index is 12.9. The summed E-state index contributed by atoms with van der Waals surface area (Å²) >= 11 is 0. The van der Waals surface area contributed by atoms with E-state index in [1.165, 1.54) is 0 Å². The first-order chi connectivity index (χ1) is 13.3. The number of carbonyl (C=O) groups is 1. The molecule has 0 radical (unpaired) electrons. The predicted octanol–water partition coefficient (Wildman–Crippen LogP) is 6.08. The molecule has 1 aromatic carbocycles. The molecule has 0 amide bonds. The number of nitrogens with zero attached hydrogens (tertiary/aromatic N) is 1. The first-order valence-corrected chi connectivity index (χ1v) is 9.60. The minimum Gasteiger partial charge on any atom is -0.491 e. The fourth-order valence-electron chi connectivity index (χ4n) is 3.18. The number of rotatable bonds is 8. The fraction of sp³-hybridized carbons (Fsp3) is 0.333. The molecular weight excluding hydrogens is 350 g/mol. The number of hydrogen-bond acceptors (Lipinski definition) is 4. The second-order valence-electron chi connectivity index (χ2n) is 7.03. The van der Waals surface area contributed by atoms with Gasteiger partial charge >= 0.3 is 5.97 Å². The van der Waals surface area contributed by atoms with Gasteiger partial charge < -0.3 is 9.47 Å². The molecule has 0 spiro atoms. The van der Waals surface area contributed by atoms with Crippen LogP contribution >= 0.6 is 0 Å². The molecule has 2 aromatic rings. The number of carbonyl (C=O) groups excluding carboxylic acids is 1. The van der Waals surface area contributed by atoms with E-state index in [9.17, 15) is 4.79 Å². The van der Waals surface area contributed by atoms with Crippen LogP contribution in [0.2, 0.25) is 0 Å². The Bertz CT molecular complexity index is 923. The number of pyridine rings is 1. The summed E-state index contributed by atoms with van der Waals surface area (Å²) in [6.45, 7) is 17.8. The van der Waals surface area contributed by atoms with E-state index in [1.807, 2.05) is 52.0 Å². The summed E-state index contributed by atoms with van der Waals surface area (Å²) in [7, 11) is 0. The molecular formula is C24H29NO3. The third-order valence-corrected chi connectivity index (χ3v) is 4.21. The lowest BCUT2D eigenvalue weighted by Gasteiger charge is -2.20. The number of fused-ring (bicyclic) bond motifs is 1. The van der Waals surface area contributed by atoms with Gasteiger partial charge in [0.05, 0.1) is 29.5 Å². The molecule has 0 aliphatic heterocycles. The molecule has 0 atom stereocenters. The van der Waals surface area contributed by atoms with Crippen molar-refractivity contribution in [1.82, 2.24) is 4.98 Å². The van der Waals surface area contributed by atoms with Crippen LogP contribution in [0.25, 0.3) is 16.5 Å². The number of hydrogen-bond donors (Lipinski definition) is 0. The van der Waals surface area contributed by atoms with E-state index >= 15 is 0 Å². The van der Waals surface area contributed by atoms with Crippen molar-refractivity contribution < 1.29 is 14.3 Å². The van der Waals surface area contributed by atoms with Crippen molar-refractivity contribution in [2.24, 2.45) is 0 Å². The highest BCUT2D eigenvalue weighted by molar-refractivity contribution is 6.06. The van der Waals surface area contributed by atoms with Gasteiger partial charge in [0.15, 0.2) is 0 Å². The van der Waals surface area contributed by atoms with E-state index in [0.717, 1.165) is 16.5 Å². The highest BCUT2D eigenvalue weighted by Crippen LogP contribution is 2.35. The topological polar surface area (TPSA) is 48.4 Å². The molecule has 1 aromatic heterocycles. The summed E-state index contributed by atoms with van der Waals surface area (Å²) in [5, 5.41) is 0.754. The van der Waals surface area contributed by atoms with Crippen LogP contribution in [0.3, 0.4) is 0 Å². The first-order valence-electron chi connectivity index (χ1n) is 9.60. The molecule has 0 aliphatic rings. The zero-order valence-corrected chi connectivity index (χ0v) is 17.4. The maximum Gasteiger partial charge on any atom is 0.339 e. The summed E-state index contributed by atoms with van der Waals surface area (Å²) in [6.07, 6.45) is 5.30. The van der Waals surface area contributed by atoms with E-state index in [0.29, 0.717) is 29.1 Å². The SMILES string of the molecule is C=C/C=C(\C=C)c1nc2cc(OC(C)C)ccc2c(C(=O)OCC)c1C(C)C. The molecule has 0 saturated carbocycles. The molecule has 0 saturated heterocycles. The number of allylic oxidation sites excluding steroid dienone is 4. The van der Waals surface area contributed by atoms with E-state index in [2.05, 4.69) is 13.2 Å². The lowest BCUT2D eigenvalue weighted by atomic mass is 9.89. The summed E-state index contributed by atoms with van der Waals surface area (Å²) in [5.41, 5.74) is 3.59. The quantitative estimate of drug-likeness (QED) is 0.412. The van der Waals surface area contributed by atoms with Crippen LogP contribution in [0, 0.1) is 0 Å². The minimum absolute atomic E-state index is 0.0424. The van der Waals surface area contributed by atoms with Crippen LogP contribution in [0.5, 0.6) is 5.75 Å². The molecule has 0 aliphatic carbocycles. The number of benzene rings is 1. The van der Waals surface area contributed by atoms with Gasteiger partial charge in [0, 0.05) is 11.5 Å². The van der Waals surface area contributed by atoms with Crippen LogP contribution in [0.1, 0.15) is 62.2 Å². The summed E-state index contributed by atoms with van der Waals surface area (Å²) in [4.78, 5) is 17.8. The third kappa shape index (κ3) is 4.50. The van der Waals surface area contributed by atoms with Gasteiger partial charge in [-0.3, -0.25) is 0 Å². The number of esters is 1. The Morgan fingerprint density at radius 1 is 1.21 bits per heavy atom. The Hall–Kier alpha value is -2.88. The van der Waals surface area contributed by atoms with Crippen LogP contribution < -0.4 is 4.74 Å². The lowest BCUT2D eigenvalue weighted by molar-refractivity contribution is 0.0527. The van der Waals surface area contributed by atoms with Crippen molar-refractivity contribution in [2.75, 3.05) is 6.61 Å². The van der Waals surface area contributed by atoms with Gasteiger partial charge in [-0.15, -0.1) is 0 Å². The fourth-order valence-corrected chi connectivity index (χ4v) is 3.18. The number of aromatic nitrogens is 1. The number of ether oxygens (including phenoxy) is 2. The van der Waals surface area contributed by atoms with Crippen molar-refractivity contribution in [1.29, 1.82) is 0 Å². The van der Waals surface area contributed by atoms with Crippen molar-refractivity contribution in [2.45, 2.75) is 46.6 Å². The Balaban J connectivity index is 2.93.